The van der Waals surface area contributed by atoms with Crippen LogP contribution in [-0.2, 0) is 0 Å². The molecule has 1 saturated carbocycles. The average molecular weight is 374 g/mol. The lowest BCUT2D eigenvalue weighted by Gasteiger charge is -2.11. The lowest BCUT2D eigenvalue weighted by Crippen LogP contribution is -2.29. The first-order valence-corrected chi connectivity index (χ1v) is 9.14. The molecule has 0 bridgehead atoms. The van der Waals surface area contributed by atoms with E-state index < -0.39 is 0 Å². The summed E-state index contributed by atoms with van der Waals surface area (Å²) >= 11 is 0. The molecule has 0 saturated heterocycles. The third kappa shape index (κ3) is 2.65. The predicted molar refractivity (Wildman–Crippen MR) is 103 cm³/mol. The van der Waals surface area contributed by atoms with Gasteiger partial charge >= 0.3 is 5.69 Å². The summed E-state index contributed by atoms with van der Waals surface area (Å²) in [5, 5.41) is 4.23. The second kappa shape index (κ2) is 6.26. The first kappa shape index (κ1) is 16.6. The van der Waals surface area contributed by atoms with Gasteiger partial charge in [0.25, 0.3) is 5.95 Å². The van der Waals surface area contributed by atoms with Gasteiger partial charge in [-0.05, 0) is 50.5 Å². The molecule has 4 aromatic heterocycles. The number of fused-ring (bicyclic) bond motifs is 1. The van der Waals surface area contributed by atoms with E-state index >= 15 is 0 Å². The number of rotatable bonds is 4. The summed E-state index contributed by atoms with van der Waals surface area (Å²) in [6.07, 6.45) is 8.98. The van der Waals surface area contributed by atoms with Crippen molar-refractivity contribution in [2.24, 2.45) is 0 Å². The molecule has 0 radical (unpaired) electrons. The van der Waals surface area contributed by atoms with Gasteiger partial charge in [-0.1, -0.05) is 0 Å². The molecule has 0 N–H and O–H groups in total. The Morgan fingerprint density at radius 3 is 2.61 bits per heavy atom. The number of nitrogens with zero attached hydrogens (tertiary/aromatic N) is 6. The zero-order valence-electron chi connectivity index (χ0n) is 15.5. The van der Waals surface area contributed by atoms with Crippen molar-refractivity contribution in [1.29, 1.82) is 0 Å². The largest absolute Gasteiger partial charge is 0.474 e. The number of ether oxygens (including phenoxy) is 1. The maximum absolute atomic E-state index is 13.0. The highest BCUT2D eigenvalue weighted by atomic mass is 16.5. The second-order valence-electron chi connectivity index (χ2n) is 6.90. The Hall–Kier alpha value is -3.55. The fourth-order valence-corrected chi connectivity index (χ4v) is 3.32. The van der Waals surface area contributed by atoms with Gasteiger partial charge < -0.3 is 4.74 Å². The summed E-state index contributed by atoms with van der Waals surface area (Å²) < 4.78 is 8.74. The molecule has 0 atom stereocenters. The highest BCUT2D eigenvalue weighted by Crippen LogP contribution is 2.34. The minimum atomic E-state index is -0.311. The monoisotopic (exact) mass is 374 g/mol. The number of hydrogen-bond donors (Lipinski definition) is 0. The molecule has 5 rings (SSSR count). The van der Waals surface area contributed by atoms with Gasteiger partial charge in [-0.2, -0.15) is 5.10 Å². The SMILES string of the molecule is Cc1c(-c2cc3cnn(-c4ncccn4)c(=O)n3c2C)ccnc1OC1CC1. The molecular formula is C20H18N6O2. The third-order valence-corrected chi connectivity index (χ3v) is 4.95. The van der Waals surface area contributed by atoms with Crippen LogP contribution in [0.25, 0.3) is 22.6 Å². The van der Waals surface area contributed by atoms with Gasteiger partial charge in [-0.25, -0.2) is 19.7 Å². The summed E-state index contributed by atoms with van der Waals surface area (Å²) in [5.41, 5.74) is 4.13. The first-order valence-electron chi connectivity index (χ1n) is 9.14. The van der Waals surface area contributed by atoms with Crippen LogP contribution in [0.2, 0.25) is 0 Å². The van der Waals surface area contributed by atoms with Crippen molar-refractivity contribution in [2.45, 2.75) is 32.8 Å². The molecule has 1 aliphatic rings. The smallest absolute Gasteiger partial charge is 0.356 e. The van der Waals surface area contributed by atoms with E-state index in [9.17, 15) is 4.79 Å². The summed E-state index contributed by atoms with van der Waals surface area (Å²) in [6, 6.07) is 5.60. The van der Waals surface area contributed by atoms with Crippen LogP contribution in [0.5, 0.6) is 5.88 Å². The quantitative estimate of drug-likeness (QED) is 0.545. The van der Waals surface area contributed by atoms with Crippen LogP contribution >= 0.6 is 0 Å². The van der Waals surface area contributed by atoms with Gasteiger partial charge in [0.2, 0.25) is 5.88 Å². The van der Waals surface area contributed by atoms with Crippen molar-refractivity contribution in [3.8, 4) is 23.0 Å². The van der Waals surface area contributed by atoms with E-state index in [0.29, 0.717) is 11.4 Å². The summed E-state index contributed by atoms with van der Waals surface area (Å²) in [5.74, 6) is 0.895. The van der Waals surface area contributed by atoms with Gasteiger partial charge in [0.15, 0.2) is 0 Å². The van der Waals surface area contributed by atoms with Gasteiger partial charge in [-0.3, -0.25) is 4.40 Å². The van der Waals surface area contributed by atoms with E-state index in [-0.39, 0.29) is 17.7 Å². The van der Waals surface area contributed by atoms with Crippen LogP contribution in [0.1, 0.15) is 24.1 Å². The Morgan fingerprint density at radius 2 is 1.86 bits per heavy atom. The van der Waals surface area contributed by atoms with Crippen LogP contribution in [-0.4, -0.2) is 35.2 Å². The molecule has 4 aromatic rings. The second-order valence-corrected chi connectivity index (χ2v) is 6.90. The summed E-state index contributed by atoms with van der Waals surface area (Å²) in [6.45, 7) is 3.91. The van der Waals surface area contributed by atoms with E-state index in [1.54, 1.807) is 35.3 Å². The molecule has 0 unspecified atom stereocenters. The molecule has 0 aromatic carbocycles. The van der Waals surface area contributed by atoms with E-state index in [1.807, 2.05) is 26.0 Å². The van der Waals surface area contributed by atoms with Crippen molar-refractivity contribution >= 4 is 5.52 Å². The van der Waals surface area contributed by atoms with Gasteiger partial charge in [0.1, 0.15) is 6.10 Å². The van der Waals surface area contributed by atoms with Crippen LogP contribution in [0.4, 0.5) is 0 Å². The molecule has 1 fully saturated rings. The predicted octanol–water partition coefficient (Wildman–Crippen LogP) is 2.50. The van der Waals surface area contributed by atoms with Crippen molar-refractivity contribution < 1.29 is 4.74 Å². The first-order chi connectivity index (χ1) is 13.6. The fraction of sp³-hybridized carbons (Fsp3) is 0.250. The molecule has 8 heteroatoms. The number of hydrogen-bond acceptors (Lipinski definition) is 6. The number of aromatic nitrogens is 6. The zero-order chi connectivity index (χ0) is 19.3. The summed E-state index contributed by atoms with van der Waals surface area (Å²) in [4.78, 5) is 25.7. The van der Waals surface area contributed by atoms with Gasteiger partial charge in [0.05, 0.1) is 11.7 Å². The van der Waals surface area contributed by atoms with E-state index in [0.717, 1.165) is 35.2 Å². The minimum Gasteiger partial charge on any atom is -0.474 e. The van der Waals surface area contributed by atoms with Crippen LogP contribution in [0.15, 0.2) is 47.8 Å². The number of aryl methyl sites for hydroxylation is 1. The van der Waals surface area contributed by atoms with E-state index in [2.05, 4.69) is 20.1 Å². The highest BCUT2D eigenvalue weighted by molar-refractivity contribution is 5.76. The van der Waals surface area contributed by atoms with Gasteiger partial charge in [0, 0.05) is 35.4 Å². The maximum Gasteiger partial charge on any atom is 0.356 e. The molecule has 8 nitrogen and oxygen atoms in total. The lowest BCUT2D eigenvalue weighted by atomic mass is 10.0. The fourth-order valence-electron chi connectivity index (χ4n) is 3.32. The Morgan fingerprint density at radius 1 is 1.07 bits per heavy atom. The van der Waals surface area contributed by atoms with Crippen molar-refractivity contribution in [2.75, 3.05) is 0 Å². The van der Waals surface area contributed by atoms with Crippen molar-refractivity contribution in [3.05, 3.63) is 64.7 Å². The Kier molecular flexibility index (Phi) is 3.71. The van der Waals surface area contributed by atoms with Gasteiger partial charge in [-0.15, -0.1) is 4.68 Å². The number of pyridine rings is 1. The minimum absolute atomic E-state index is 0.240. The normalized spacial score (nSPS) is 13.8. The third-order valence-electron chi connectivity index (χ3n) is 4.95. The molecule has 28 heavy (non-hydrogen) atoms. The highest BCUT2D eigenvalue weighted by Gasteiger charge is 2.25. The lowest BCUT2D eigenvalue weighted by molar-refractivity contribution is 0.289. The Balaban J connectivity index is 1.67. The van der Waals surface area contributed by atoms with E-state index in [1.165, 1.54) is 4.68 Å². The summed E-state index contributed by atoms with van der Waals surface area (Å²) in [7, 11) is 0. The molecular weight excluding hydrogens is 356 g/mol. The standard InChI is InChI=1S/C20H18N6O2/c1-12-16(6-9-21-18(12)28-15-4-5-15)17-10-14-11-24-26(19-22-7-3-8-23-19)20(27)25(14)13(17)2/h3,6-11,15H,4-5H2,1-2H3. The van der Waals surface area contributed by atoms with Crippen molar-refractivity contribution in [1.82, 2.24) is 29.1 Å². The van der Waals surface area contributed by atoms with Crippen molar-refractivity contribution in [3.63, 3.8) is 0 Å². The molecule has 4 heterocycles. The molecule has 140 valence electrons. The molecule has 0 spiro atoms. The topological polar surface area (TPSA) is 87.2 Å². The van der Waals surface area contributed by atoms with Crippen LogP contribution in [0.3, 0.4) is 0 Å². The Bertz CT molecular complexity index is 1240. The average Bonchev–Trinajstić information content (AvgIpc) is 3.46. The molecule has 0 aliphatic heterocycles. The van der Waals surface area contributed by atoms with E-state index in [4.69, 9.17) is 4.74 Å². The Labute approximate surface area is 160 Å². The molecule has 0 amide bonds. The maximum atomic E-state index is 13.0. The van der Waals surface area contributed by atoms with Crippen LogP contribution in [0, 0.1) is 13.8 Å². The molecule has 1 aliphatic carbocycles. The van der Waals surface area contributed by atoms with Crippen LogP contribution < -0.4 is 10.4 Å². The zero-order valence-corrected chi connectivity index (χ0v) is 15.5.